The summed E-state index contributed by atoms with van der Waals surface area (Å²) in [6.07, 6.45) is 1.72. The first-order chi connectivity index (χ1) is 12.9. The summed E-state index contributed by atoms with van der Waals surface area (Å²) in [5.74, 6) is -0.471. The maximum Gasteiger partial charge on any atom is 0.271 e. The number of carbonyl (C=O) groups is 1. The summed E-state index contributed by atoms with van der Waals surface area (Å²) in [6.45, 7) is 2.80. The Balaban J connectivity index is 1.75. The highest BCUT2D eigenvalue weighted by molar-refractivity contribution is 7.89. The van der Waals surface area contributed by atoms with Gasteiger partial charge < -0.3 is 0 Å². The van der Waals surface area contributed by atoms with Crippen molar-refractivity contribution < 1.29 is 13.2 Å². The van der Waals surface area contributed by atoms with Gasteiger partial charge in [-0.2, -0.15) is 9.41 Å². The molecule has 0 saturated carbocycles. The first-order valence-electron chi connectivity index (χ1n) is 8.59. The molecule has 1 N–H and O–H groups in total. The summed E-state index contributed by atoms with van der Waals surface area (Å²) < 4.78 is 26.7. The number of hydrazone groups is 1. The number of amides is 1. The quantitative estimate of drug-likeness (QED) is 0.612. The molecule has 0 spiro atoms. The molecule has 1 saturated heterocycles. The van der Waals surface area contributed by atoms with Crippen LogP contribution in [0.5, 0.6) is 0 Å². The molecular formula is C19H20ClN3O3S. The number of rotatable bonds is 5. The van der Waals surface area contributed by atoms with E-state index in [1.807, 2.05) is 0 Å². The molecule has 1 fully saturated rings. The molecule has 0 atom stereocenters. The van der Waals surface area contributed by atoms with E-state index < -0.39 is 15.9 Å². The SMILES string of the molecule is C/C(=N\NC(=O)c1cccc(S(=O)(=O)N2CCCC2)c1)c1ccc(Cl)cc1. The predicted octanol–water partition coefficient (Wildman–Crippen LogP) is 3.28. The molecule has 8 heteroatoms. The normalized spacial score (nSPS) is 15.7. The third-order valence-electron chi connectivity index (χ3n) is 4.39. The van der Waals surface area contributed by atoms with E-state index in [9.17, 15) is 13.2 Å². The largest absolute Gasteiger partial charge is 0.271 e. The topological polar surface area (TPSA) is 78.8 Å². The van der Waals surface area contributed by atoms with E-state index >= 15 is 0 Å². The molecule has 6 nitrogen and oxygen atoms in total. The Labute approximate surface area is 163 Å². The Morgan fingerprint density at radius 1 is 1.07 bits per heavy atom. The van der Waals surface area contributed by atoms with Crippen molar-refractivity contribution in [2.24, 2.45) is 5.10 Å². The summed E-state index contributed by atoms with van der Waals surface area (Å²) in [7, 11) is -3.57. The van der Waals surface area contributed by atoms with Crippen molar-refractivity contribution in [2.75, 3.05) is 13.1 Å². The first kappa shape index (κ1) is 19.5. The fraction of sp³-hybridized carbons (Fsp3) is 0.263. The monoisotopic (exact) mass is 405 g/mol. The van der Waals surface area contributed by atoms with Crippen molar-refractivity contribution in [3.8, 4) is 0 Å². The van der Waals surface area contributed by atoms with Crippen LogP contribution < -0.4 is 5.43 Å². The van der Waals surface area contributed by atoms with Crippen LogP contribution in [0.15, 0.2) is 58.5 Å². The molecule has 0 aliphatic carbocycles. The maximum absolute atomic E-state index is 12.6. The first-order valence-corrected chi connectivity index (χ1v) is 10.4. The Morgan fingerprint density at radius 3 is 2.41 bits per heavy atom. The second kappa shape index (κ2) is 8.21. The van der Waals surface area contributed by atoms with Crippen LogP contribution in [0.1, 0.15) is 35.7 Å². The van der Waals surface area contributed by atoms with Gasteiger partial charge in [0.1, 0.15) is 0 Å². The summed E-state index contributed by atoms with van der Waals surface area (Å²) >= 11 is 5.86. The molecule has 142 valence electrons. The zero-order chi connectivity index (χ0) is 19.4. The molecule has 1 aliphatic heterocycles. The van der Waals surface area contributed by atoms with Gasteiger partial charge in [0.05, 0.1) is 10.6 Å². The van der Waals surface area contributed by atoms with E-state index in [1.54, 1.807) is 43.3 Å². The lowest BCUT2D eigenvalue weighted by molar-refractivity contribution is 0.0954. The zero-order valence-electron chi connectivity index (χ0n) is 14.9. The van der Waals surface area contributed by atoms with Crippen molar-refractivity contribution in [1.29, 1.82) is 0 Å². The van der Waals surface area contributed by atoms with Gasteiger partial charge in [0, 0.05) is 23.7 Å². The van der Waals surface area contributed by atoms with Gasteiger partial charge in [-0.3, -0.25) is 4.79 Å². The average molecular weight is 406 g/mol. The molecule has 27 heavy (non-hydrogen) atoms. The minimum absolute atomic E-state index is 0.121. The number of sulfonamides is 1. The van der Waals surface area contributed by atoms with Crippen LogP contribution in [-0.2, 0) is 10.0 Å². The highest BCUT2D eigenvalue weighted by atomic mass is 35.5. The molecule has 1 aliphatic rings. The van der Waals surface area contributed by atoms with E-state index in [2.05, 4.69) is 10.5 Å². The molecule has 1 heterocycles. The van der Waals surface area contributed by atoms with E-state index in [0.717, 1.165) is 18.4 Å². The number of nitrogens with one attached hydrogen (secondary N) is 1. The van der Waals surface area contributed by atoms with Crippen LogP contribution in [0.3, 0.4) is 0 Å². The standard InChI is InChI=1S/C19H20ClN3O3S/c1-14(15-7-9-17(20)10-8-15)21-22-19(24)16-5-4-6-18(13-16)27(25,26)23-11-2-3-12-23/h4-10,13H,2-3,11-12H2,1H3,(H,22,24)/b21-14+. The molecule has 0 unspecified atom stereocenters. The van der Waals surface area contributed by atoms with Crippen LogP contribution in [0.25, 0.3) is 0 Å². The molecule has 0 bridgehead atoms. The minimum Gasteiger partial charge on any atom is -0.267 e. The lowest BCUT2D eigenvalue weighted by Crippen LogP contribution is -2.28. The van der Waals surface area contributed by atoms with Crippen molar-refractivity contribution in [3.05, 3.63) is 64.7 Å². The van der Waals surface area contributed by atoms with E-state index in [-0.39, 0.29) is 10.5 Å². The molecule has 1 amide bonds. The summed E-state index contributed by atoms with van der Waals surface area (Å²) in [6, 6.07) is 13.1. The van der Waals surface area contributed by atoms with Gasteiger partial charge in [0.25, 0.3) is 5.91 Å². The van der Waals surface area contributed by atoms with Gasteiger partial charge in [0.2, 0.25) is 10.0 Å². The average Bonchev–Trinajstić information content (AvgIpc) is 3.22. The third-order valence-corrected chi connectivity index (χ3v) is 6.53. The number of carbonyl (C=O) groups excluding carboxylic acids is 1. The Hall–Kier alpha value is -2.22. The highest BCUT2D eigenvalue weighted by Crippen LogP contribution is 2.21. The lowest BCUT2D eigenvalue weighted by Gasteiger charge is -2.15. The van der Waals surface area contributed by atoms with E-state index in [4.69, 9.17) is 11.6 Å². The summed E-state index contributed by atoms with van der Waals surface area (Å²) in [5.41, 5.74) is 4.14. The van der Waals surface area contributed by atoms with Gasteiger partial charge in [0.15, 0.2) is 0 Å². The smallest absolute Gasteiger partial charge is 0.267 e. The molecule has 0 radical (unpaired) electrons. The molecule has 3 rings (SSSR count). The molecule has 0 aromatic heterocycles. The Bertz CT molecular complexity index is 966. The van der Waals surface area contributed by atoms with Gasteiger partial charge in [-0.25, -0.2) is 13.8 Å². The Kier molecular flexibility index (Phi) is 5.94. The van der Waals surface area contributed by atoms with Gasteiger partial charge in [-0.15, -0.1) is 0 Å². The second-order valence-corrected chi connectivity index (χ2v) is 8.66. The van der Waals surface area contributed by atoms with Crippen molar-refractivity contribution in [2.45, 2.75) is 24.7 Å². The van der Waals surface area contributed by atoms with Crippen LogP contribution in [0.2, 0.25) is 5.02 Å². The molecule has 2 aromatic rings. The minimum atomic E-state index is -3.57. The van der Waals surface area contributed by atoms with Crippen molar-refractivity contribution in [3.63, 3.8) is 0 Å². The maximum atomic E-state index is 12.6. The van der Waals surface area contributed by atoms with Gasteiger partial charge in [-0.1, -0.05) is 29.8 Å². The number of benzene rings is 2. The van der Waals surface area contributed by atoms with Crippen LogP contribution in [0.4, 0.5) is 0 Å². The number of hydrogen-bond donors (Lipinski definition) is 1. The molecule has 2 aromatic carbocycles. The van der Waals surface area contributed by atoms with Gasteiger partial charge in [-0.05, 0) is 55.7 Å². The number of nitrogens with zero attached hydrogens (tertiary/aromatic N) is 2. The summed E-state index contributed by atoms with van der Waals surface area (Å²) in [5, 5.41) is 4.70. The third kappa shape index (κ3) is 4.55. The highest BCUT2D eigenvalue weighted by Gasteiger charge is 2.27. The zero-order valence-corrected chi connectivity index (χ0v) is 16.4. The second-order valence-electron chi connectivity index (χ2n) is 6.28. The predicted molar refractivity (Wildman–Crippen MR) is 106 cm³/mol. The van der Waals surface area contributed by atoms with Crippen molar-refractivity contribution >= 4 is 33.2 Å². The van der Waals surface area contributed by atoms with Crippen LogP contribution in [0, 0.1) is 0 Å². The number of halogens is 1. The fourth-order valence-electron chi connectivity index (χ4n) is 2.83. The Morgan fingerprint density at radius 2 is 1.74 bits per heavy atom. The van der Waals surface area contributed by atoms with Crippen LogP contribution >= 0.6 is 11.6 Å². The van der Waals surface area contributed by atoms with Crippen molar-refractivity contribution in [1.82, 2.24) is 9.73 Å². The lowest BCUT2D eigenvalue weighted by atomic mass is 10.1. The van der Waals surface area contributed by atoms with Gasteiger partial charge >= 0.3 is 0 Å². The fourth-order valence-corrected chi connectivity index (χ4v) is 4.52. The molecular weight excluding hydrogens is 386 g/mol. The van der Waals surface area contributed by atoms with E-state index in [1.165, 1.54) is 16.4 Å². The number of hydrogen-bond acceptors (Lipinski definition) is 4. The van der Waals surface area contributed by atoms with E-state index in [0.29, 0.717) is 23.8 Å². The summed E-state index contributed by atoms with van der Waals surface area (Å²) in [4.78, 5) is 12.5. The van der Waals surface area contributed by atoms with Crippen LogP contribution in [-0.4, -0.2) is 37.4 Å².